The lowest BCUT2D eigenvalue weighted by atomic mass is 10.2. The van der Waals surface area contributed by atoms with Crippen LogP contribution in [0.15, 0.2) is 12.1 Å². The van der Waals surface area contributed by atoms with Crippen molar-refractivity contribution in [3.05, 3.63) is 27.9 Å². The summed E-state index contributed by atoms with van der Waals surface area (Å²) >= 11 is 0. The summed E-state index contributed by atoms with van der Waals surface area (Å²) in [6.07, 6.45) is 0. The monoisotopic (exact) mass is 266 g/mol. The van der Waals surface area contributed by atoms with Crippen molar-refractivity contribution in [2.75, 3.05) is 38.1 Å². The highest BCUT2D eigenvalue weighted by molar-refractivity contribution is 5.86. The lowest BCUT2D eigenvalue weighted by Gasteiger charge is -2.32. The highest BCUT2D eigenvalue weighted by atomic mass is 16.6. The summed E-state index contributed by atoms with van der Waals surface area (Å²) in [7, 11) is 1.97. The van der Waals surface area contributed by atoms with Crippen molar-refractivity contribution in [1.29, 1.82) is 0 Å². The number of hydrogen-bond donors (Lipinski definition) is 1. The van der Waals surface area contributed by atoms with Crippen molar-refractivity contribution in [1.82, 2.24) is 9.88 Å². The van der Waals surface area contributed by atoms with Crippen LogP contribution in [-0.2, 0) is 0 Å². The molecule has 1 aromatic heterocycles. The molecule has 0 amide bonds. The number of anilines is 1. The Morgan fingerprint density at radius 1 is 1.37 bits per heavy atom. The standard InChI is InChI=1S/C11H14N4O4/c1-13-4-6-14(7-5-13)10-9(15(18)19)3-2-8(12-10)11(16)17/h2-3H,4-7H2,1H3,(H,16,17). The van der Waals surface area contributed by atoms with E-state index in [0.29, 0.717) is 13.1 Å². The average Bonchev–Trinajstić information content (AvgIpc) is 2.38. The molecule has 1 aromatic rings. The molecule has 2 rings (SSSR count). The van der Waals surface area contributed by atoms with E-state index in [9.17, 15) is 14.9 Å². The maximum Gasteiger partial charge on any atom is 0.354 e. The second kappa shape index (κ2) is 5.19. The molecule has 1 N–H and O–H groups in total. The van der Waals surface area contributed by atoms with Gasteiger partial charge in [-0.1, -0.05) is 0 Å². The Kier molecular flexibility index (Phi) is 3.61. The van der Waals surface area contributed by atoms with Crippen LogP contribution >= 0.6 is 0 Å². The first-order chi connectivity index (χ1) is 8.99. The lowest BCUT2D eigenvalue weighted by Crippen LogP contribution is -2.45. The maximum atomic E-state index is 11.0. The first-order valence-corrected chi connectivity index (χ1v) is 5.81. The summed E-state index contributed by atoms with van der Waals surface area (Å²) in [5.74, 6) is -1.05. The zero-order chi connectivity index (χ0) is 14.0. The fourth-order valence-electron chi connectivity index (χ4n) is 1.95. The summed E-state index contributed by atoms with van der Waals surface area (Å²) in [5.41, 5.74) is -0.339. The Labute approximate surface area is 109 Å². The summed E-state index contributed by atoms with van der Waals surface area (Å²) in [5, 5.41) is 19.9. The number of carbonyl (C=O) groups is 1. The van der Waals surface area contributed by atoms with Crippen molar-refractivity contribution in [3.8, 4) is 0 Å². The molecule has 19 heavy (non-hydrogen) atoms. The molecular weight excluding hydrogens is 252 g/mol. The SMILES string of the molecule is CN1CCN(c2nc(C(=O)O)ccc2[N+](=O)[O-])CC1. The molecule has 102 valence electrons. The van der Waals surface area contributed by atoms with Gasteiger partial charge >= 0.3 is 11.7 Å². The molecule has 1 aliphatic heterocycles. The number of nitrogens with zero attached hydrogens (tertiary/aromatic N) is 4. The number of aromatic carboxylic acids is 1. The van der Waals surface area contributed by atoms with Gasteiger partial charge in [-0.05, 0) is 13.1 Å². The van der Waals surface area contributed by atoms with E-state index in [4.69, 9.17) is 5.11 Å². The van der Waals surface area contributed by atoms with Gasteiger partial charge < -0.3 is 14.9 Å². The largest absolute Gasteiger partial charge is 0.477 e. The topological polar surface area (TPSA) is 99.8 Å². The van der Waals surface area contributed by atoms with Gasteiger partial charge in [0.15, 0.2) is 5.69 Å². The van der Waals surface area contributed by atoms with Gasteiger partial charge in [-0.2, -0.15) is 0 Å². The van der Waals surface area contributed by atoms with Gasteiger partial charge in [-0.15, -0.1) is 0 Å². The Morgan fingerprint density at radius 2 is 2.00 bits per heavy atom. The van der Waals surface area contributed by atoms with Gasteiger partial charge in [0.25, 0.3) is 0 Å². The van der Waals surface area contributed by atoms with Gasteiger partial charge in [0.05, 0.1) is 4.92 Å². The molecule has 8 nitrogen and oxygen atoms in total. The molecule has 0 radical (unpaired) electrons. The van der Waals surface area contributed by atoms with Crippen molar-refractivity contribution in [3.63, 3.8) is 0 Å². The second-order valence-corrected chi connectivity index (χ2v) is 4.39. The number of piperazine rings is 1. The van der Waals surface area contributed by atoms with E-state index in [0.717, 1.165) is 19.2 Å². The first kappa shape index (κ1) is 13.2. The third-order valence-corrected chi connectivity index (χ3v) is 3.07. The highest BCUT2D eigenvalue weighted by Gasteiger charge is 2.25. The normalized spacial score (nSPS) is 16.4. The molecule has 0 aliphatic carbocycles. The number of hydrogen-bond acceptors (Lipinski definition) is 6. The number of rotatable bonds is 3. The summed E-state index contributed by atoms with van der Waals surface area (Å²) in [4.78, 5) is 29.1. The number of carboxylic acid groups (broad SMARTS) is 1. The Hall–Kier alpha value is -2.22. The fraction of sp³-hybridized carbons (Fsp3) is 0.455. The van der Waals surface area contributed by atoms with Crippen LogP contribution < -0.4 is 4.90 Å². The van der Waals surface area contributed by atoms with Crippen LogP contribution in [0.25, 0.3) is 0 Å². The lowest BCUT2D eigenvalue weighted by molar-refractivity contribution is -0.384. The summed E-state index contributed by atoms with van der Waals surface area (Å²) in [6, 6.07) is 2.35. The third-order valence-electron chi connectivity index (χ3n) is 3.07. The van der Waals surface area contributed by atoms with E-state index in [1.54, 1.807) is 4.90 Å². The molecule has 0 bridgehead atoms. The maximum absolute atomic E-state index is 11.0. The molecule has 2 heterocycles. The van der Waals surface area contributed by atoms with Crippen LogP contribution in [0.2, 0.25) is 0 Å². The van der Waals surface area contributed by atoms with Gasteiger partial charge in [0.1, 0.15) is 0 Å². The molecule has 1 aliphatic rings. The van der Waals surface area contributed by atoms with Crippen molar-refractivity contribution >= 4 is 17.5 Å². The van der Waals surface area contributed by atoms with Crippen LogP contribution in [0, 0.1) is 10.1 Å². The quantitative estimate of drug-likeness (QED) is 0.625. The van der Waals surface area contributed by atoms with E-state index in [-0.39, 0.29) is 17.2 Å². The first-order valence-electron chi connectivity index (χ1n) is 5.81. The van der Waals surface area contributed by atoms with E-state index in [1.165, 1.54) is 6.07 Å². The zero-order valence-corrected chi connectivity index (χ0v) is 10.4. The Balaban J connectivity index is 2.37. The van der Waals surface area contributed by atoms with Gasteiger partial charge in [-0.3, -0.25) is 10.1 Å². The molecule has 0 saturated carbocycles. The third kappa shape index (κ3) is 2.79. The van der Waals surface area contributed by atoms with Gasteiger partial charge in [-0.25, -0.2) is 9.78 Å². The Bertz CT molecular complexity index is 511. The number of aromatic nitrogens is 1. The van der Waals surface area contributed by atoms with Crippen LogP contribution in [0.3, 0.4) is 0 Å². The number of nitro groups is 1. The van der Waals surface area contributed by atoms with Crippen molar-refractivity contribution < 1.29 is 14.8 Å². The highest BCUT2D eigenvalue weighted by Crippen LogP contribution is 2.26. The minimum atomic E-state index is -1.19. The van der Waals surface area contributed by atoms with E-state index in [1.807, 2.05) is 7.05 Å². The van der Waals surface area contributed by atoms with E-state index in [2.05, 4.69) is 9.88 Å². The van der Waals surface area contributed by atoms with Crippen molar-refractivity contribution in [2.24, 2.45) is 0 Å². The van der Waals surface area contributed by atoms with Crippen LogP contribution in [-0.4, -0.2) is 59.1 Å². The van der Waals surface area contributed by atoms with Gasteiger partial charge in [0.2, 0.25) is 5.82 Å². The average molecular weight is 266 g/mol. The van der Waals surface area contributed by atoms with Gasteiger partial charge in [0, 0.05) is 32.2 Å². The van der Waals surface area contributed by atoms with E-state index >= 15 is 0 Å². The van der Waals surface area contributed by atoms with Crippen LogP contribution in [0.4, 0.5) is 11.5 Å². The number of likely N-dealkylation sites (N-methyl/N-ethyl adjacent to an activating group) is 1. The predicted octanol–water partition coefficient (Wildman–Crippen LogP) is 0.440. The molecule has 0 atom stereocenters. The molecule has 0 unspecified atom stereocenters. The predicted molar refractivity (Wildman–Crippen MR) is 67.6 cm³/mol. The molecule has 1 fully saturated rings. The summed E-state index contributed by atoms with van der Waals surface area (Å²) in [6.45, 7) is 2.70. The minimum Gasteiger partial charge on any atom is -0.477 e. The number of carboxylic acids is 1. The second-order valence-electron chi connectivity index (χ2n) is 4.39. The molecule has 1 saturated heterocycles. The minimum absolute atomic E-state index is 0.137. The van der Waals surface area contributed by atoms with Crippen LogP contribution in [0.5, 0.6) is 0 Å². The molecular formula is C11H14N4O4. The van der Waals surface area contributed by atoms with Crippen LogP contribution in [0.1, 0.15) is 10.5 Å². The Morgan fingerprint density at radius 3 is 2.53 bits per heavy atom. The van der Waals surface area contributed by atoms with Crippen molar-refractivity contribution in [2.45, 2.75) is 0 Å². The zero-order valence-electron chi connectivity index (χ0n) is 10.4. The fourth-order valence-corrected chi connectivity index (χ4v) is 1.95. The molecule has 0 spiro atoms. The smallest absolute Gasteiger partial charge is 0.354 e. The molecule has 0 aromatic carbocycles. The number of pyridine rings is 1. The molecule has 8 heteroatoms. The van der Waals surface area contributed by atoms with E-state index < -0.39 is 10.9 Å². The summed E-state index contributed by atoms with van der Waals surface area (Å²) < 4.78 is 0.